The Balaban J connectivity index is 1.42. The summed E-state index contributed by atoms with van der Waals surface area (Å²) in [4.78, 5) is 27.8. The normalized spacial score (nSPS) is 11.8. The van der Waals surface area contributed by atoms with Crippen LogP contribution >= 0.6 is 0 Å². The van der Waals surface area contributed by atoms with Crippen molar-refractivity contribution in [3.8, 4) is 11.1 Å². The molecule has 0 radical (unpaired) electrons. The van der Waals surface area contributed by atoms with E-state index >= 15 is 0 Å². The van der Waals surface area contributed by atoms with E-state index in [2.05, 4.69) is 58.9 Å². The van der Waals surface area contributed by atoms with Crippen LogP contribution in [-0.4, -0.2) is 22.8 Å². The van der Waals surface area contributed by atoms with Crippen molar-refractivity contribution in [2.75, 3.05) is 0 Å². The molecule has 0 aliphatic rings. The third-order valence-electron chi connectivity index (χ3n) is 5.57. The van der Waals surface area contributed by atoms with E-state index in [0.717, 1.165) is 27.6 Å². The zero-order valence-electron chi connectivity index (χ0n) is 18.3. The first-order valence-electron chi connectivity index (χ1n) is 10.8. The van der Waals surface area contributed by atoms with Crippen molar-refractivity contribution in [1.82, 2.24) is 15.6 Å². The molecular formula is C27H27N3O2. The van der Waals surface area contributed by atoms with Gasteiger partial charge in [-0.25, -0.2) is 0 Å². The van der Waals surface area contributed by atoms with Gasteiger partial charge in [-0.15, -0.1) is 0 Å². The number of aryl methyl sites for hydroxylation is 1. The quantitative estimate of drug-likeness (QED) is 0.408. The summed E-state index contributed by atoms with van der Waals surface area (Å²) < 4.78 is 0. The molecule has 0 saturated heterocycles. The van der Waals surface area contributed by atoms with Crippen LogP contribution in [0.5, 0.6) is 0 Å². The number of para-hydroxylation sites is 1. The lowest BCUT2D eigenvalue weighted by Crippen LogP contribution is -2.47. The van der Waals surface area contributed by atoms with Crippen LogP contribution in [0.1, 0.15) is 23.6 Å². The van der Waals surface area contributed by atoms with Crippen molar-refractivity contribution in [3.05, 3.63) is 95.7 Å². The van der Waals surface area contributed by atoms with Crippen LogP contribution in [-0.2, 0) is 22.6 Å². The van der Waals surface area contributed by atoms with Gasteiger partial charge in [-0.05, 0) is 35.2 Å². The minimum Gasteiger partial charge on any atom is -0.361 e. The van der Waals surface area contributed by atoms with Gasteiger partial charge in [0.25, 0.3) is 0 Å². The summed E-state index contributed by atoms with van der Waals surface area (Å²) in [5, 5.41) is 6.82. The molecule has 1 atom stereocenters. The predicted octanol–water partition coefficient (Wildman–Crippen LogP) is 4.51. The molecule has 1 aromatic heterocycles. The summed E-state index contributed by atoms with van der Waals surface area (Å²) in [5.41, 5.74) is 6.54. The third-order valence-corrected chi connectivity index (χ3v) is 5.57. The molecule has 1 unspecified atom stereocenters. The first kappa shape index (κ1) is 21.4. The lowest BCUT2D eigenvalue weighted by Gasteiger charge is -2.17. The van der Waals surface area contributed by atoms with Gasteiger partial charge in [0.05, 0.1) is 0 Å². The first-order chi connectivity index (χ1) is 15.5. The van der Waals surface area contributed by atoms with Crippen molar-refractivity contribution in [2.24, 2.45) is 0 Å². The Bertz CT molecular complexity index is 1240. The Kier molecular flexibility index (Phi) is 6.36. The topological polar surface area (TPSA) is 74.0 Å². The van der Waals surface area contributed by atoms with Crippen molar-refractivity contribution in [1.29, 1.82) is 0 Å². The lowest BCUT2D eigenvalue weighted by molar-refractivity contribution is -0.128. The van der Waals surface area contributed by atoms with E-state index in [-0.39, 0.29) is 11.8 Å². The van der Waals surface area contributed by atoms with Gasteiger partial charge >= 0.3 is 0 Å². The molecule has 0 spiro atoms. The summed E-state index contributed by atoms with van der Waals surface area (Å²) in [5.74, 6) is -0.430. The van der Waals surface area contributed by atoms with Gasteiger partial charge in [0.2, 0.25) is 11.8 Å². The number of benzene rings is 3. The average Bonchev–Trinajstić information content (AvgIpc) is 3.20. The van der Waals surface area contributed by atoms with E-state index in [1.807, 2.05) is 42.6 Å². The van der Waals surface area contributed by atoms with E-state index in [1.165, 1.54) is 18.1 Å². The van der Waals surface area contributed by atoms with E-state index < -0.39 is 6.04 Å². The van der Waals surface area contributed by atoms with Crippen molar-refractivity contribution < 1.29 is 9.59 Å². The molecule has 0 aliphatic carbocycles. The van der Waals surface area contributed by atoms with Crippen LogP contribution in [0, 0.1) is 6.92 Å². The third kappa shape index (κ3) is 5.06. The summed E-state index contributed by atoms with van der Waals surface area (Å²) >= 11 is 0. The molecule has 162 valence electrons. The highest BCUT2D eigenvalue weighted by Crippen LogP contribution is 2.21. The molecule has 4 rings (SSSR count). The van der Waals surface area contributed by atoms with E-state index in [4.69, 9.17) is 0 Å². The highest BCUT2D eigenvalue weighted by Gasteiger charge is 2.21. The summed E-state index contributed by atoms with van der Waals surface area (Å²) in [6.45, 7) is 3.91. The van der Waals surface area contributed by atoms with Crippen LogP contribution in [0.2, 0.25) is 0 Å². The van der Waals surface area contributed by atoms with Crippen molar-refractivity contribution in [3.63, 3.8) is 0 Å². The Morgan fingerprint density at radius 3 is 2.47 bits per heavy atom. The van der Waals surface area contributed by atoms with Crippen LogP contribution in [0.25, 0.3) is 22.0 Å². The second-order valence-corrected chi connectivity index (χ2v) is 8.10. The molecule has 3 aromatic carbocycles. The molecule has 5 nitrogen and oxygen atoms in total. The number of rotatable bonds is 7. The maximum absolute atomic E-state index is 12.9. The Labute approximate surface area is 187 Å². The minimum absolute atomic E-state index is 0.201. The molecule has 5 heteroatoms. The van der Waals surface area contributed by atoms with Crippen LogP contribution in [0.15, 0.2) is 79.0 Å². The van der Waals surface area contributed by atoms with Crippen molar-refractivity contribution in [2.45, 2.75) is 32.9 Å². The van der Waals surface area contributed by atoms with Gasteiger partial charge in [-0.3, -0.25) is 9.59 Å². The fraction of sp³-hybridized carbons (Fsp3) is 0.185. The number of carbonyl (C=O) groups is 2. The molecule has 3 N–H and O–H groups in total. The number of hydrogen-bond donors (Lipinski definition) is 3. The monoisotopic (exact) mass is 425 g/mol. The van der Waals surface area contributed by atoms with Gasteiger partial charge in [-0.2, -0.15) is 0 Å². The Morgan fingerprint density at radius 1 is 0.938 bits per heavy atom. The smallest absolute Gasteiger partial charge is 0.243 e. The zero-order valence-corrected chi connectivity index (χ0v) is 18.3. The van der Waals surface area contributed by atoms with Crippen LogP contribution < -0.4 is 10.6 Å². The lowest BCUT2D eigenvalue weighted by atomic mass is 10.0. The maximum atomic E-state index is 12.9. The van der Waals surface area contributed by atoms with Crippen LogP contribution in [0.3, 0.4) is 0 Å². The van der Waals surface area contributed by atoms with E-state index in [0.29, 0.717) is 13.0 Å². The standard InChI is InChI=1S/C27H27N3O2/c1-18-6-5-7-22(14-18)21-12-10-20(11-13-21)16-29-27(32)26(30-19(2)31)15-23-17-28-25-9-4-3-8-24(23)25/h3-14,17,26,28H,15-16H2,1-2H3,(H,29,32)(H,30,31). The molecule has 0 aliphatic heterocycles. The number of fused-ring (bicyclic) bond motifs is 1. The number of H-pyrrole nitrogens is 1. The fourth-order valence-corrected chi connectivity index (χ4v) is 3.93. The first-order valence-corrected chi connectivity index (χ1v) is 10.8. The molecule has 0 fully saturated rings. The molecule has 1 heterocycles. The highest BCUT2D eigenvalue weighted by molar-refractivity contribution is 5.89. The molecule has 2 amide bonds. The number of amides is 2. The van der Waals surface area contributed by atoms with Gasteiger partial charge < -0.3 is 15.6 Å². The molecule has 0 saturated carbocycles. The molecule has 0 bridgehead atoms. The van der Waals surface area contributed by atoms with Crippen LogP contribution in [0.4, 0.5) is 0 Å². The Morgan fingerprint density at radius 2 is 1.72 bits per heavy atom. The predicted molar refractivity (Wildman–Crippen MR) is 128 cm³/mol. The Hall–Kier alpha value is -3.86. The number of aromatic amines is 1. The SMILES string of the molecule is CC(=O)NC(Cc1c[nH]c2ccccc12)C(=O)NCc1ccc(-c2cccc(C)c2)cc1. The van der Waals surface area contributed by atoms with Gasteiger partial charge in [0.1, 0.15) is 6.04 Å². The number of aromatic nitrogens is 1. The molecule has 4 aromatic rings. The van der Waals surface area contributed by atoms with Gasteiger partial charge in [0, 0.05) is 37.0 Å². The largest absolute Gasteiger partial charge is 0.361 e. The van der Waals surface area contributed by atoms with E-state index in [1.54, 1.807) is 0 Å². The zero-order chi connectivity index (χ0) is 22.5. The summed E-state index contributed by atoms with van der Waals surface area (Å²) in [6.07, 6.45) is 2.32. The second-order valence-electron chi connectivity index (χ2n) is 8.10. The molecular weight excluding hydrogens is 398 g/mol. The summed E-state index contributed by atoms with van der Waals surface area (Å²) in [7, 11) is 0. The minimum atomic E-state index is -0.640. The van der Waals surface area contributed by atoms with E-state index in [9.17, 15) is 9.59 Å². The highest BCUT2D eigenvalue weighted by atomic mass is 16.2. The number of carbonyl (C=O) groups excluding carboxylic acids is 2. The number of nitrogens with one attached hydrogen (secondary N) is 3. The second kappa shape index (κ2) is 9.52. The fourth-order valence-electron chi connectivity index (χ4n) is 3.93. The van der Waals surface area contributed by atoms with Gasteiger partial charge in [-0.1, -0.05) is 72.3 Å². The maximum Gasteiger partial charge on any atom is 0.243 e. The number of hydrogen-bond acceptors (Lipinski definition) is 2. The van der Waals surface area contributed by atoms with Crippen molar-refractivity contribution >= 4 is 22.7 Å². The molecule has 32 heavy (non-hydrogen) atoms. The average molecular weight is 426 g/mol. The van der Waals surface area contributed by atoms with Gasteiger partial charge in [0.15, 0.2) is 0 Å². The summed E-state index contributed by atoms with van der Waals surface area (Å²) in [6, 6.07) is 23.8.